The Bertz CT molecular complexity index is 1380. The molecule has 0 spiro atoms. The third kappa shape index (κ3) is 34.9. The zero-order chi connectivity index (χ0) is 48.8. The van der Waals surface area contributed by atoms with Crippen LogP contribution in [0.2, 0.25) is 0 Å². The standard InChI is InChI=1S/C45H84N8O12/c1-35(52-60)44(4,5)49-23-17-38(18-24-50-45(6,7)36(2)53-61)16-22-48-41(57)14-10-15-43(59)51-39(34-54)12-8-9-21-47-42(58)20-28-64-31-30-62-26-11-13-40(56)19-27-63-32-33-65-29-25-46-37(3)55/h34,38-39,49-50,60-61H,8-33H2,1-7H3,(H,46,55)(H,47,58)(H,48,57)(H,51,59)/b52-35-,53-36-. The smallest absolute Gasteiger partial charge is 0.222 e. The lowest BCUT2D eigenvalue weighted by molar-refractivity contribution is -0.125. The van der Waals surface area contributed by atoms with E-state index in [2.05, 4.69) is 42.2 Å². The predicted octanol–water partition coefficient (Wildman–Crippen LogP) is 2.80. The molecule has 0 saturated heterocycles. The maximum atomic E-state index is 12.6. The second-order valence-corrected chi connectivity index (χ2v) is 17.1. The van der Waals surface area contributed by atoms with E-state index in [1.165, 1.54) is 6.92 Å². The molecule has 0 saturated carbocycles. The number of oxime groups is 2. The maximum Gasteiger partial charge on any atom is 0.222 e. The summed E-state index contributed by atoms with van der Waals surface area (Å²) >= 11 is 0. The third-order valence-corrected chi connectivity index (χ3v) is 10.9. The molecule has 0 aromatic carbocycles. The highest BCUT2D eigenvalue weighted by Crippen LogP contribution is 2.15. The first kappa shape index (κ1) is 60.9. The first-order valence-corrected chi connectivity index (χ1v) is 23.2. The minimum absolute atomic E-state index is 0.0994. The van der Waals surface area contributed by atoms with Crippen LogP contribution >= 0.6 is 0 Å². The second kappa shape index (κ2) is 38.1. The van der Waals surface area contributed by atoms with Crippen LogP contribution in [0, 0.1) is 5.92 Å². The molecule has 0 radical (unpaired) electrons. The summed E-state index contributed by atoms with van der Waals surface area (Å²) in [5, 5.41) is 43.1. The number of aldehydes is 1. The molecule has 8 N–H and O–H groups in total. The number of amides is 4. The SMILES string of the molecule is CC(=O)NCCOCCOCCC(=O)CCCOCCOCCC(=O)NCCCCC(C=O)NC(=O)CCCC(=O)NCCC(CCNC(C)(C)/C(C)=N\O)CCNC(C)(C)/C(C)=N\O. The number of carbonyl (C=O) groups excluding carboxylic acids is 6. The molecule has 20 heteroatoms. The van der Waals surface area contributed by atoms with Crippen molar-refractivity contribution in [3.8, 4) is 0 Å². The second-order valence-electron chi connectivity index (χ2n) is 17.1. The van der Waals surface area contributed by atoms with Crippen LogP contribution in [0.15, 0.2) is 10.3 Å². The molecule has 65 heavy (non-hydrogen) atoms. The summed E-state index contributed by atoms with van der Waals surface area (Å²) in [6.45, 7) is 18.4. The van der Waals surface area contributed by atoms with Gasteiger partial charge in [-0.1, -0.05) is 10.3 Å². The quantitative estimate of drug-likeness (QED) is 0.0144. The summed E-state index contributed by atoms with van der Waals surface area (Å²) in [4.78, 5) is 71.6. The van der Waals surface area contributed by atoms with E-state index in [1.54, 1.807) is 13.8 Å². The molecule has 0 aliphatic carbocycles. The molecule has 376 valence electrons. The largest absolute Gasteiger partial charge is 0.411 e. The average molecular weight is 929 g/mol. The number of nitrogens with zero attached hydrogens (tertiary/aromatic N) is 2. The Balaban J connectivity index is 4.10. The molecular weight excluding hydrogens is 845 g/mol. The first-order valence-electron chi connectivity index (χ1n) is 23.2. The van der Waals surface area contributed by atoms with Gasteiger partial charge in [-0.05, 0) is 112 Å². The molecular formula is C45H84N8O12. The zero-order valence-electron chi connectivity index (χ0n) is 40.5. The van der Waals surface area contributed by atoms with Gasteiger partial charge in [0.25, 0.3) is 0 Å². The summed E-state index contributed by atoms with van der Waals surface area (Å²) in [7, 11) is 0. The molecule has 0 fully saturated rings. The number of unbranched alkanes of at least 4 members (excludes halogenated alkanes) is 1. The van der Waals surface area contributed by atoms with Crippen LogP contribution in [-0.2, 0) is 47.7 Å². The van der Waals surface area contributed by atoms with Crippen molar-refractivity contribution in [2.75, 3.05) is 85.6 Å². The molecule has 1 atom stereocenters. The molecule has 0 aromatic rings. The number of rotatable bonds is 43. The maximum absolute atomic E-state index is 12.6. The molecule has 0 aliphatic rings. The van der Waals surface area contributed by atoms with Gasteiger partial charge in [0.05, 0.1) is 74.8 Å². The van der Waals surface area contributed by atoms with Gasteiger partial charge in [-0.15, -0.1) is 0 Å². The van der Waals surface area contributed by atoms with Gasteiger partial charge in [0.2, 0.25) is 23.6 Å². The number of nitrogens with one attached hydrogen (secondary N) is 6. The molecule has 4 amide bonds. The van der Waals surface area contributed by atoms with Crippen LogP contribution in [0.3, 0.4) is 0 Å². The summed E-state index contributed by atoms with van der Waals surface area (Å²) in [6, 6.07) is -0.648. The lowest BCUT2D eigenvalue weighted by atomic mass is 9.94. The van der Waals surface area contributed by atoms with E-state index in [4.69, 9.17) is 18.9 Å². The van der Waals surface area contributed by atoms with Crippen molar-refractivity contribution in [3.05, 3.63) is 0 Å². The van der Waals surface area contributed by atoms with Crippen molar-refractivity contribution in [3.63, 3.8) is 0 Å². The highest BCUT2D eigenvalue weighted by Gasteiger charge is 2.24. The molecule has 0 rings (SSSR count). The van der Waals surface area contributed by atoms with E-state index in [9.17, 15) is 39.2 Å². The number of hydrogen-bond acceptors (Lipinski definition) is 16. The van der Waals surface area contributed by atoms with Crippen molar-refractivity contribution < 1.29 is 58.1 Å². The van der Waals surface area contributed by atoms with Crippen molar-refractivity contribution in [1.82, 2.24) is 31.9 Å². The van der Waals surface area contributed by atoms with Gasteiger partial charge in [0.15, 0.2) is 0 Å². The number of carbonyl (C=O) groups is 6. The normalized spacial score (nSPS) is 12.8. The highest BCUT2D eigenvalue weighted by atomic mass is 16.5. The fourth-order valence-corrected chi connectivity index (χ4v) is 6.08. The Morgan fingerprint density at radius 2 is 1.03 bits per heavy atom. The topological polar surface area (TPSA) is 277 Å². The van der Waals surface area contributed by atoms with Crippen molar-refractivity contribution in [2.24, 2.45) is 16.2 Å². The van der Waals surface area contributed by atoms with Gasteiger partial charge >= 0.3 is 0 Å². The molecule has 0 aromatic heterocycles. The molecule has 0 heterocycles. The minimum Gasteiger partial charge on any atom is -0.411 e. The fraction of sp³-hybridized carbons (Fsp3) is 0.822. The van der Waals surface area contributed by atoms with Crippen molar-refractivity contribution >= 4 is 47.1 Å². The lowest BCUT2D eigenvalue weighted by Crippen LogP contribution is -2.47. The van der Waals surface area contributed by atoms with Crippen LogP contribution in [-0.4, -0.2) is 160 Å². The first-order chi connectivity index (χ1) is 31.0. The van der Waals surface area contributed by atoms with Gasteiger partial charge in [-0.3, -0.25) is 24.0 Å². The van der Waals surface area contributed by atoms with Crippen molar-refractivity contribution in [2.45, 2.75) is 149 Å². The molecule has 0 bridgehead atoms. The molecule has 20 nitrogen and oxygen atoms in total. The Morgan fingerprint density at radius 3 is 1.60 bits per heavy atom. The predicted molar refractivity (Wildman–Crippen MR) is 248 cm³/mol. The van der Waals surface area contributed by atoms with Crippen LogP contribution in [0.5, 0.6) is 0 Å². The lowest BCUT2D eigenvalue weighted by Gasteiger charge is -2.28. The van der Waals surface area contributed by atoms with E-state index in [0.717, 1.165) is 19.3 Å². The van der Waals surface area contributed by atoms with Gasteiger partial charge in [0.1, 0.15) is 12.1 Å². The van der Waals surface area contributed by atoms with E-state index >= 15 is 0 Å². The summed E-state index contributed by atoms with van der Waals surface area (Å²) < 4.78 is 21.7. The number of ketones is 1. The number of Topliss-reactive ketones (excluding diaryl/α,β-unsaturated/α-hetero) is 1. The van der Waals surface area contributed by atoms with E-state index in [1.807, 2.05) is 27.7 Å². The fourth-order valence-electron chi connectivity index (χ4n) is 6.08. The monoisotopic (exact) mass is 929 g/mol. The van der Waals surface area contributed by atoms with Gasteiger partial charge in [-0.25, -0.2) is 0 Å². The third-order valence-electron chi connectivity index (χ3n) is 10.9. The Morgan fingerprint density at radius 1 is 0.523 bits per heavy atom. The highest BCUT2D eigenvalue weighted by molar-refractivity contribution is 5.90. The minimum atomic E-state index is -0.648. The Labute approximate surface area is 387 Å². The number of ether oxygens (including phenoxy) is 4. The summed E-state index contributed by atoms with van der Waals surface area (Å²) in [6.07, 6.45) is 6.94. The van der Waals surface area contributed by atoms with Crippen LogP contribution in [0.4, 0.5) is 0 Å². The van der Waals surface area contributed by atoms with Gasteiger partial charge < -0.3 is 66.1 Å². The Hall–Kier alpha value is -4.08. The summed E-state index contributed by atoms with van der Waals surface area (Å²) in [5.41, 5.74) is 0.206. The number of hydrogen-bond donors (Lipinski definition) is 8. The zero-order valence-corrected chi connectivity index (χ0v) is 40.5. The molecule has 1 unspecified atom stereocenters. The average Bonchev–Trinajstić information content (AvgIpc) is 3.26. The van der Waals surface area contributed by atoms with Crippen LogP contribution in [0.25, 0.3) is 0 Å². The van der Waals surface area contributed by atoms with E-state index in [-0.39, 0.29) is 61.2 Å². The van der Waals surface area contributed by atoms with Gasteiger partial charge in [0, 0.05) is 65.3 Å². The van der Waals surface area contributed by atoms with Crippen molar-refractivity contribution in [1.29, 1.82) is 0 Å². The van der Waals surface area contributed by atoms with Gasteiger partial charge in [-0.2, -0.15) is 0 Å². The van der Waals surface area contributed by atoms with Crippen LogP contribution < -0.4 is 31.9 Å². The molecule has 0 aliphatic heterocycles. The van der Waals surface area contributed by atoms with E-state index in [0.29, 0.717) is 142 Å². The Kier molecular flexibility index (Phi) is 35.7. The van der Waals surface area contributed by atoms with Crippen LogP contribution in [0.1, 0.15) is 132 Å². The van der Waals surface area contributed by atoms with E-state index < -0.39 is 17.1 Å². The summed E-state index contributed by atoms with van der Waals surface area (Å²) in [5.74, 6) is -0.346.